The highest BCUT2D eigenvalue weighted by molar-refractivity contribution is 6.04. The number of carbonyl (C=O) groups excluding carboxylic acids is 1. The molecule has 4 N–H and O–H groups in total. The Morgan fingerprint density at radius 1 is 0.892 bits per heavy atom. The third-order valence-corrected chi connectivity index (χ3v) is 5.65. The maximum Gasteiger partial charge on any atom is 0.338 e. The lowest BCUT2D eigenvalue weighted by molar-refractivity contribution is -0.170. The number of hydrogen-bond donors (Lipinski definition) is 3. The lowest BCUT2D eigenvalue weighted by atomic mass is 9.85. The lowest BCUT2D eigenvalue weighted by Gasteiger charge is -2.29. The second-order valence-corrected chi connectivity index (χ2v) is 10.1. The molecule has 2 aromatic rings. The highest BCUT2D eigenvalue weighted by atomic mass is 16.6. The Bertz CT molecular complexity index is 1040. The van der Waals surface area contributed by atoms with Crippen molar-refractivity contribution in [3.63, 3.8) is 0 Å². The SMILES string of the molecule is Cc1ccc(OCCOc2ccc(CCC[C@@H](C[C@@](N)(C(=O)O)C(=O)OC(C)(C)C)C(=O)O)cc2)cc1. The molecule has 0 radical (unpaired) electrons. The monoisotopic (exact) mass is 515 g/mol. The first-order chi connectivity index (χ1) is 17.3. The summed E-state index contributed by atoms with van der Waals surface area (Å²) in [5.41, 5.74) is 4.59. The molecule has 202 valence electrons. The van der Waals surface area contributed by atoms with Gasteiger partial charge in [0.15, 0.2) is 0 Å². The van der Waals surface area contributed by atoms with E-state index in [9.17, 15) is 24.6 Å². The van der Waals surface area contributed by atoms with Crippen LogP contribution in [0.2, 0.25) is 0 Å². The van der Waals surface area contributed by atoms with Crippen LogP contribution in [0.1, 0.15) is 51.2 Å². The molecule has 0 bridgehead atoms. The fourth-order valence-corrected chi connectivity index (χ4v) is 3.59. The minimum absolute atomic E-state index is 0.152. The number of nitrogens with two attached hydrogens (primary N) is 1. The van der Waals surface area contributed by atoms with Gasteiger partial charge in [-0.3, -0.25) is 4.79 Å². The van der Waals surface area contributed by atoms with E-state index in [1.165, 1.54) is 0 Å². The molecule has 2 aromatic carbocycles. The Balaban J connectivity index is 1.84. The molecule has 0 aromatic heterocycles. The number of carboxylic acids is 2. The van der Waals surface area contributed by atoms with Gasteiger partial charge in [0.2, 0.25) is 5.54 Å². The topological polar surface area (TPSA) is 145 Å². The van der Waals surface area contributed by atoms with Crippen molar-refractivity contribution in [2.24, 2.45) is 11.7 Å². The van der Waals surface area contributed by atoms with Crippen LogP contribution in [0.25, 0.3) is 0 Å². The summed E-state index contributed by atoms with van der Waals surface area (Å²) >= 11 is 0. The quantitative estimate of drug-likeness (QED) is 0.193. The molecular formula is C28H37NO8. The van der Waals surface area contributed by atoms with Crippen LogP contribution in [0.15, 0.2) is 48.5 Å². The first-order valence-corrected chi connectivity index (χ1v) is 12.2. The molecule has 0 saturated heterocycles. The summed E-state index contributed by atoms with van der Waals surface area (Å²) in [6, 6.07) is 15.2. The van der Waals surface area contributed by atoms with Gasteiger partial charge >= 0.3 is 17.9 Å². The normalized spacial score (nSPS) is 13.8. The predicted molar refractivity (Wildman–Crippen MR) is 138 cm³/mol. The first-order valence-electron chi connectivity index (χ1n) is 12.2. The summed E-state index contributed by atoms with van der Waals surface area (Å²) in [5.74, 6) is -3.63. The summed E-state index contributed by atoms with van der Waals surface area (Å²) in [5, 5.41) is 19.2. The van der Waals surface area contributed by atoms with E-state index in [1.54, 1.807) is 20.8 Å². The molecule has 2 rings (SSSR count). The van der Waals surface area contributed by atoms with Gasteiger partial charge in [-0.2, -0.15) is 0 Å². The van der Waals surface area contributed by atoms with E-state index in [1.807, 2.05) is 55.5 Å². The molecule has 37 heavy (non-hydrogen) atoms. The van der Waals surface area contributed by atoms with Gasteiger partial charge in [0.25, 0.3) is 0 Å². The Morgan fingerprint density at radius 2 is 1.41 bits per heavy atom. The van der Waals surface area contributed by atoms with Crippen molar-refractivity contribution in [1.29, 1.82) is 0 Å². The van der Waals surface area contributed by atoms with E-state index in [0.717, 1.165) is 16.9 Å². The van der Waals surface area contributed by atoms with Crippen LogP contribution in [-0.2, 0) is 25.5 Å². The molecule has 0 spiro atoms. The molecule has 0 heterocycles. The smallest absolute Gasteiger partial charge is 0.338 e. The number of hydrogen-bond acceptors (Lipinski definition) is 7. The number of esters is 1. The van der Waals surface area contributed by atoms with E-state index in [0.29, 0.717) is 31.8 Å². The second-order valence-electron chi connectivity index (χ2n) is 10.1. The number of benzene rings is 2. The van der Waals surface area contributed by atoms with Crippen molar-refractivity contribution in [3.8, 4) is 11.5 Å². The van der Waals surface area contributed by atoms with Crippen molar-refractivity contribution in [1.82, 2.24) is 0 Å². The number of ether oxygens (including phenoxy) is 3. The molecular weight excluding hydrogens is 478 g/mol. The van der Waals surface area contributed by atoms with Crippen LogP contribution in [0.3, 0.4) is 0 Å². The van der Waals surface area contributed by atoms with Crippen LogP contribution in [0.5, 0.6) is 11.5 Å². The molecule has 9 nitrogen and oxygen atoms in total. The highest BCUT2D eigenvalue weighted by Gasteiger charge is 2.48. The van der Waals surface area contributed by atoms with Gasteiger partial charge in [-0.1, -0.05) is 29.8 Å². The Hall–Kier alpha value is -3.59. The number of carboxylic acid groups (broad SMARTS) is 2. The van der Waals surface area contributed by atoms with E-state index in [4.69, 9.17) is 19.9 Å². The van der Waals surface area contributed by atoms with Gasteiger partial charge in [-0.25, -0.2) is 9.59 Å². The summed E-state index contributed by atoms with van der Waals surface area (Å²) in [6.07, 6.45) is 0.617. The van der Waals surface area contributed by atoms with E-state index in [-0.39, 0.29) is 6.42 Å². The number of carbonyl (C=O) groups is 3. The van der Waals surface area contributed by atoms with Crippen LogP contribution in [0.4, 0.5) is 0 Å². The highest BCUT2D eigenvalue weighted by Crippen LogP contribution is 2.25. The molecule has 0 aliphatic rings. The van der Waals surface area contributed by atoms with Gasteiger partial charge in [0.05, 0.1) is 5.92 Å². The maximum atomic E-state index is 12.4. The zero-order valence-electron chi connectivity index (χ0n) is 21.9. The largest absolute Gasteiger partial charge is 0.490 e. The first kappa shape index (κ1) is 29.6. The van der Waals surface area contributed by atoms with Crippen molar-refractivity contribution < 1.29 is 38.8 Å². The fraction of sp³-hybridized carbons (Fsp3) is 0.464. The molecule has 0 aliphatic heterocycles. The molecule has 0 saturated carbocycles. The van der Waals surface area contributed by atoms with Crippen molar-refractivity contribution in [2.45, 2.75) is 64.5 Å². The molecule has 0 amide bonds. The zero-order chi connectivity index (χ0) is 27.6. The molecule has 0 unspecified atom stereocenters. The van der Waals surface area contributed by atoms with E-state index >= 15 is 0 Å². The average Bonchev–Trinajstić information content (AvgIpc) is 2.81. The molecule has 9 heteroatoms. The number of aliphatic carboxylic acids is 2. The average molecular weight is 516 g/mol. The van der Waals surface area contributed by atoms with Gasteiger partial charge in [-0.15, -0.1) is 0 Å². The van der Waals surface area contributed by atoms with Crippen LogP contribution in [0, 0.1) is 12.8 Å². The Labute approximate surface area is 217 Å². The van der Waals surface area contributed by atoms with E-state index < -0.39 is 41.4 Å². The van der Waals surface area contributed by atoms with Crippen LogP contribution >= 0.6 is 0 Å². The summed E-state index contributed by atoms with van der Waals surface area (Å²) in [6.45, 7) is 7.54. The van der Waals surface area contributed by atoms with Gasteiger partial charge < -0.3 is 30.2 Å². The maximum absolute atomic E-state index is 12.4. The Morgan fingerprint density at radius 3 is 1.86 bits per heavy atom. The van der Waals surface area contributed by atoms with Crippen molar-refractivity contribution in [2.75, 3.05) is 13.2 Å². The number of aryl methyl sites for hydroxylation is 2. The minimum Gasteiger partial charge on any atom is -0.490 e. The molecule has 2 atom stereocenters. The van der Waals surface area contributed by atoms with Gasteiger partial charge in [0.1, 0.15) is 30.3 Å². The minimum atomic E-state index is -2.45. The lowest BCUT2D eigenvalue weighted by Crippen LogP contribution is -2.58. The third-order valence-electron chi connectivity index (χ3n) is 5.65. The van der Waals surface area contributed by atoms with Crippen LogP contribution in [-0.4, -0.2) is 52.5 Å². The summed E-state index contributed by atoms with van der Waals surface area (Å²) in [4.78, 5) is 36.0. The van der Waals surface area contributed by atoms with Crippen molar-refractivity contribution in [3.05, 3.63) is 59.7 Å². The second kappa shape index (κ2) is 13.1. The summed E-state index contributed by atoms with van der Waals surface area (Å²) in [7, 11) is 0. The number of rotatable bonds is 14. The van der Waals surface area contributed by atoms with Gasteiger partial charge in [0, 0.05) is 6.42 Å². The predicted octanol–water partition coefficient (Wildman–Crippen LogP) is 3.99. The standard InChI is InChI=1S/C28H37NO8/c1-19-8-12-22(13-9-19)35-16-17-36-23-14-10-20(11-15-23)6-5-7-21(24(30)31)18-28(29,25(32)33)26(34)37-27(2,3)4/h8-15,21H,5-7,16-18,29H2,1-4H3,(H,30,31)(H,32,33)/t21-,28+/m0/s1. The third kappa shape index (κ3) is 9.76. The summed E-state index contributed by atoms with van der Waals surface area (Å²) < 4.78 is 16.5. The van der Waals surface area contributed by atoms with E-state index in [2.05, 4.69) is 0 Å². The molecule has 0 aliphatic carbocycles. The molecule has 0 fully saturated rings. The van der Waals surface area contributed by atoms with Gasteiger partial charge in [-0.05, 0) is 76.8 Å². The zero-order valence-corrected chi connectivity index (χ0v) is 21.9. The fourth-order valence-electron chi connectivity index (χ4n) is 3.59. The van der Waals surface area contributed by atoms with Crippen LogP contribution < -0.4 is 15.2 Å². The van der Waals surface area contributed by atoms with Crippen molar-refractivity contribution >= 4 is 17.9 Å². The Kier molecular flexibility index (Phi) is 10.5.